The Hall–Kier alpha value is -1.96. The lowest BCUT2D eigenvalue weighted by Gasteiger charge is -2.25. The Balaban J connectivity index is 1.70. The van der Waals surface area contributed by atoms with Crippen molar-refractivity contribution in [1.29, 1.82) is 0 Å². The first-order valence-corrected chi connectivity index (χ1v) is 8.91. The quantitative estimate of drug-likeness (QED) is 0.905. The molecule has 4 rings (SSSR count). The molecular formula is C15H19N5O2S. The van der Waals surface area contributed by atoms with Crippen LogP contribution in [0.15, 0.2) is 6.33 Å². The first-order valence-electron chi connectivity index (χ1n) is 8.09. The number of rotatable bonds is 5. The molecule has 122 valence electrons. The van der Waals surface area contributed by atoms with Gasteiger partial charge >= 0.3 is 5.97 Å². The zero-order valence-electron chi connectivity index (χ0n) is 12.8. The predicted octanol–water partition coefficient (Wildman–Crippen LogP) is 2.50. The Morgan fingerprint density at radius 3 is 2.78 bits per heavy atom. The molecule has 2 aromatic rings. The molecule has 1 saturated heterocycles. The number of nitrogens with zero attached hydrogens (tertiary/aromatic N) is 5. The summed E-state index contributed by atoms with van der Waals surface area (Å²) in [6.07, 6.45) is 7.41. The molecule has 2 aromatic heterocycles. The van der Waals surface area contributed by atoms with Crippen LogP contribution in [0.2, 0.25) is 0 Å². The molecule has 3 heterocycles. The Labute approximate surface area is 138 Å². The molecule has 1 aliphatic heterocycles. The van der Waals surface area contributed by atoms with Crippen LogP contribution in [0.1, 0.15) is 41.8 Å². The summed E-state index contributed by atoms with van der Waals surface area (Å²) in [5, 5.41) is 14.6. The minimum absolute atomic E-state index is 0.260. The zero-order valence-corrected chi connectivity index (χ0v) is 13.6. The van der Waals surface area contributed by atoms with Gasteiger partial charge in [0.2, 0.25) is 0 Å². The fourth-order valence-corrected chi connectivity index (χ4v) is 3.90. The van der Waals surface area contributed by atoms with Gasteiger partial charge in [-0.1, -0.05) is 11.3 Å². The number of carbonyl (C=O) groups is 1. The van der Waals surface area contributed by atoms with Crippen LogP contribution < -0.4 is 4.90 Å². The summed E-state index contributed by atoms with van der Waals surface area (Å²) in [6.45, 7) is 2.69. The predicted molar refractivity (Wildman–Crippen MR) is 86.9 cm³/mol. The fraction of sp³-hybridized carbons (Fsp3) is 0.600. The molecule has 0 unspecified atom stereocenters. The largest absolute Gasteiger partial charge is 0.477 e. The van der Waals surface area contributed by atoms with Gasteiger partial charge in [0, 0.05) is 19.6 Å². The van der Waals surface area contributed by atoms with Crippen LogP contribution in [0.5, 0.6) is 0 Å². The average molecular weight is 333 g/mol. The van der Waals surface area contributed by atoms with Crippen molar-refractivity contribution in [3.05, 3.63) is 11.2 Å². The van der Waals surface area contributed by atoms with E-state index in [0.29, 0.717) is 17.4 Å². The van der Waals surface area contributed by atoms with Crippen LogP contribution in [0, 0.1) is 5.92 Å². The van der Waals surface area contributed by atoms with Gasteiger partial charge in [0.15, 0.2) is 11.0 Å². The van der Waals surface area contributed by atoms with Crippen molar-refractivity contribution < 1.29 is 9.90 Å². The maximum atomic E-state index is 11.7. The Bertz CT molecular complexity index is 715. The molecular weight excluding hydrogens is 314 g/mol. The van der Waals surface area contributed by atoms with Crippen molar-refractivity contribution in [1.82, 2.24) is 19.7 Å². The molecule has 1 N–H and O–H groups in total. The molecule has 23 heavy (non-hydrogen) atoms. The molecule has 0 spiro atoms. The lowest BCUT2D eigenvalue weighted by Crippen LogP contribution is -2.29. The number of aromatic carboxylic acids is 1. The summed E-state index contributed by atoms with van der Waals surface area (Å²) in [6, 6.07) is 0. The van der Waals surface area contributed by atoms with Gasteiger partial charge in [0.05, 0.1) is 0 Å². The Kier molecular flexibility index (Phi) is 3.76. The van der Waals surface area contributed by atoms with E-state index < -0.39 is 5.97 Å². The number of anilines is 1. The number of piperidine rings is 1. The van der Waals surface area contributed by atoms with Gasteiger partial charge in [-0.2, -0.15) is 5.10 Å². The second-order valence-corrected chi connectivity index (χ2v) is 7.21. The number of carboxylic acids is 1. The maximum Gasteiger partial charge on any atom is 0.348 e. The lowest BCUT2D eigenvalue weighted by atomic mass is 10.1. The molecule has 1 saturated carbocycles. The first kappa shape index (κ1) is 14.6. The van der Waals surface area contributed by atoms with E-state index in [2.05, 4.69) is 20.0 Å². The molecule has 0 aromatic carbocycles. The number of aromatic nitrogens is 4. The minimum atomic E-state index is -0.943. The Morgan fingerprint density at radius 2 is 2.09 bits per heavy atom. The van der Waals surface area contributed by atoms with Gasteiger partial charge in [0.25, 0.3) is 0 Å². The second-order valence-electron chi connectivity index (χ2n) is 6.24. The molecule has 7 nitrogen and oxygen atoms in total. The van der Waals surface area contributed by atoms with Gasteiger partial charge < -0.3 is 10.0 Å². The van der Waals surface area contributed by atoms with Gasteiger partial charge in [-0.15, -0.1) is 0 Å². The highest BCUT2D eigenvalue weighted by molar-refractivity contribution is 7.17. The second kappa shape index (κ2) is 5.92. The molecule has 0 bridgehead atoms. The normalized spacial score (nSPS) is 18.3. The SMILES string of the molecule is O=C(O)c1sc(N2CCCCC2)nc1-c1ncnn1CC1CC1. The van der Waals surface area contributed by atoms with Crippen LogP contribution in [-0.2, 0) is 6.54 Å². The molecule has 0 radical (unpaired) electrons. The van der Waals surface area contributed by atoms with Crippen molar-refractivity contribution in [2.24, 2.45) is 5.92 Å². The summed E-state index contributed by atoms with van der Waals surface area (Å²) in [7, 11) is 0. The van der Waals surface area contributed by atoms with Crippen molar-refractivity contribution in [3.63, 3.8) is 0 Å². The topological polar surface area (TPSA) is 84.1 Å². The van der Waals surface area contributed by atoms with E-state index in [-0.39, 0.29) is 4.88 Å². The van der Waals surface area contributed by atoms with E-state index in [1.54, 1.807) is 4.68 Å². The lowest BCUT2D eigenvalue weighted by molar-refractivity contribution is 0.0702. The van der Waals surface area contributed by atoms with E-state index in [9.17, 15) is 9.90 Å². The van der Waals surface area contributed by atoms with E-state index in [0.717, 1.165) is 37.6 Å². The van der Waals surface area contributed by atoms with Crippen LogP contribution in [-0.4, -0.2) is 43.9 Å². The summed E-state index contributed by atoms with van der Waals surface area (Å²) in [4.78, 5) is 23.0. The maximum absolute atomic E-state index is 11.7. The zero-order chi connectivity index (χ0) is 15.8. The van der Waals surface area contributed by atoms with Gasteiger partial charge in [-0.25, -0.2) is 19.4 Å². The average Bonchev–Trinajstić information content (AvgIpc) is 3.08. The standard InChI is InChI=1S/C15H19N5O2S/c21-14(22)12-11(13-16-9-17-20(13)8-10-4-5-10)18-15(23-12)19-6-2-1-3-7-19/h9-10H,1-8H2,(H,21,22). The Morgan fingerprint density at radius 1 is 1.30 bits per heavy atom. The highest BCUT2D eigenvalue weighted by atomic mass is 32.1. The highest BCUT2D eigenvalue weighted by Gasteiger charge is 2.28. The molecule has 8 heteroatoms. The van der Waals surface area contributed by atoms with E-state index >= 15 is 0 Å². The first-order chi connectivity index (χ1) is 11.2. The van der Waals surface area contributed by atoms with Crippen molar-refractivity contribution in [2.75, 3.05) is 18.0 Å². The van der Waals surface area contributed by atoms with Crippen molar-refractivity contribution in [3.8, 4) is 11.5 Å². The summed E-state index contributed by atoms with van der Waals surface area (Å²) in [5.74, 6) is 0.277. The third-order valence-electron chi connectivity index (χ3n) is 4.39. The van der Waals surface area contributed by atoms with Crippen LogP contribution in [0.25, 0.3) is 11.5 Å². The summed E-state index contributed by atoms with van der Waals surface area (Å²) < 4.78 is 1.80. The van der Waals surface area contributed by atoms with Crippen LogP contribution >= 0.6 is 11.3 Å². The summed E-state index contributed by atoms with van der Waals surface area (Å²) >= 11 is 1.25. The number of thiazole rings is 1. The van der Waals surface area contributed by atoms with Crippen LogP contribution in [0.4, 0.5) is 5.13 Å². The van der Waals surface area contributed by atoms with Gasteiger partial charge in [-0.3, -0.25) is 0 Å². The molecule has 1 aliphatic carbocycles. The summed E-state index contributed by atoms with van der Waals surface area (Å²) in [5.41, 5.74) is 0.459. The molecule has 0 amide bonds. The van der Waals surface area contributed by atoms with Crippen molar-refractivity contribution in [2.45, 2.75) is 38.6 Å². The number of carboxylic acid groups (broad SMARTS) is 1. The minimum Gasteiger partial charge on any atom is -0.477 e. The fourth-order valence-electron chi connectivity index (χ4n) is 2.95. The molecule has 2 aliphatic rings. The van der Waals surface area contributed by atoms with E-state index in [1.165, 1.54) is 36.9 Å². The molecule has 2 fully saturated rings. The highest BCUT2D eigenvalue weighted by Crippen LogP contribution is 2.35. The van der Waals surface area contributed by atoms with Crippen LogP contribution in [0.3, 0.4) is 0 Å². The number of hydrogen-bond acceptors (Lipinski definition) is 6. The smallest absolute Gasteiger partial charge is 0.348 e. The van der Waals surface area contributed by atoms with Gasteiger partial charge in [0.1, 0.15) is 16.9 Å². The third kappa shape index (κ3) is 2.95. The van der Waals surface area contributed by atoms with Gasteiger partial charge in [-0.05, 0) is 38.0 Å². The van der Waals surface area contributed by atoms with Crippen molar-refractivity contribution >= 4 is 22.4 Å². The van der Waals surface area contributed by atoms with E-state index in [4.69, 9.17) is 0 Å². The molecule has 0 atom stereocenters. The number of hydrogen-bond donors (Lipinski definition) is 1. The monoisotopic (exact) mass is 333 g/mol. The van der Waals surface area contributed by atoms with E-state index in [1.807, 2.05) is 0 Å². The third-order valence-corrected chi connectivity index (χ3v) is 5.50.